The van der Waals surface area contributed by atoms with E-state index in [1.54, 1.807) is 41.6 Å². The number of carboxylic acid groups (broad SMARTS) is 1. The van der Waals surface area contributed by atoms with E-state index in [0.717, 1.165) is 17.0 Å². The average molecular weight is 601 g/mol. The Hall–Kier alpha value is -5.02. The van der Waals surface area contributed by atoms with Crippen molar-refractivity contribution in [3.05, 3.63) is 54.1 Å². The first-order valence-corrected chi connectivity index (χ1v) is 13.6. The first-order valence-electron chi connectivity index (χ1n) is 13.6. The minimum absolute atomic E-state index is 0.0627. The van der Waals surface area contributed by atoms with Crippen molar-refractivity contribution in [1.82, 2.24) is 29.9 Å². The maximum atomic E-state index is 15.2. The van der Waals surface area contributed by atoms with Crippen LogP contribution in [-0.4, -0.2) is 99.8 Å². The Morgan fingerprint density at radius 3 is 2.47 bits per heavy atom. The Balaban J connectivity index is 1.21. The molecule has 0 bridgehead atoms. The van der Waals surface area contributed by atoms with E-state index < -0.39 is 41.9 Å². The van der Waals surface area contributed by atoms with Gasteiger partial charge in [-0.05, 0) is 12.0 Å². The molecule has 2 atom stereocenters. The lowest BCUT2D eigenvalue weighted by atomic mass is 10.0. The van der Waals surface area contributed by atoms with Crippen LogP contribution in [0.3, 0.4) is 0 Å². The van der Waals surface area contributed by atoms with E-state index in [0.29, 0.717) is 5.78 Å². The van der Waals surface area contributed by atoms with Crippen LogP contribution in [0.2, 0.25) is 0 Å². The molecule has 16 heteroatoms. The quantitative estimate of drug-likeness (QED) is 0.350. The lowest BCUT2D eigenvalue weighted by molar-refractivity contribution is -0.134. The number of cyclic esters (lactones) is 1. The van der Waals surface area contributed by atoms with Crippen LogP contribution in [0.25, 0.3) is 5.78 Å². The molecule has 0 aliphatic carbocycles. The molecule has 2 fully saturated rings. The zero-order valence-corrected chi connectivity index (χ0v) is 23.4. The Morgan fingerprint density at radius 1 is 1.14 bits per heavy atom. The van der Waals surface area contributed by atoms with E-state index in [-0.39, 0.29) is 68.2 Å². The highest BCUT2D eigenvalue weighted by atomic mass is 19.1. The second kappa shape index (κ2) is 12.1. The molecule has 4 heterocycles. The number of nitrogens with one attached hydrogen (secondary N) is 2. The zero-order valence-electron chi connectivity index (χ0n) is 23.4. The van der Waals surface area contributed by atoms with Crippen LogP contribution in [0, 0.1) is 17.6 Å². The Kier molecular flexibility index (Phi) is 8.27. The third kappa shape index (κ3) is 6.27. The largest absolute Gasteiger partial charge is 0.465 e. The maximum absolute atomic E-state index is 15.2. The van der Waals surface area contributed by atoms with Crippen molar-refractivity contribution in [2.24, 2.45) is 5.92 Å². The molecule has 3 aromatic rings. The van der Waals surface area contributed by atoms with Gasteiger partial charge in [0.25, 0.3) is 5.91 Å². The van der Waals surface area contributed by atoms with Crippen molar-refractivity contribution in [3.63, 3.8) is 0 Å². The summed E-state index contributed by atoms with van der Waals surface area (Å²) in [5, 5.41) is 13.6. The van der Waals surface area contributed by atoms with Crippen LogP contribution < -0.4 is 20.4 Å². The molecule has 3 N–H and O–H groups in total. The highest BCUT2D eigenvalue weighted by Crippen LogP contribution is 2.31. The van der Waals surface area contributed by atoms with Gasteiger partial charge in [-0.1, -0.05) is 13.8 Å². The second-order valence-electron chi connectivity index (χ2n) is 10.5. The van der Waals surface area contributed by atoms with E-state index in [2.05, 4.69) is 20.6 Å². The molecule has 43 heavy (non-hydrogen) atoms. The van der Waals surface area contributed by atoms with E-state index >= 15 is 8.78 Å². The summed E-state index contributed by atoms with van der Waals surface area (Å²) in [5.41, 5.74) is -0.236. The van der Waals surface area contributed by atoms with Crippen molar-refractivity contribution in [2.75, 3.05) is 49.1 Å². The SMILES string of the molecule is CC(C)[C@H](NC(=O)c1cn2cccnc2n1)C(=O)N1CCN(c2c(F)cc(N3C[C@H](CNC(=O)O)OC3=O)cc2F)CC1. The van der Waals surface area contributed by atoms with Gasteiger partial charge in [-0.2, -0.15) is 0 Å². The molecule has 0 spiro atoms. The minimum Gasteiger partial charge on any atom is -0.465 e. The van der Waals surface area contributed by atoms with Crippen LogP contribution in [0.4, 0.5) is 29.7 Å². The summed E-state index contributed by atoms with van der Waals surface area (Å²) < 4.78 is 37.1. The highest BCUT2D eigenvalue weighted by molar-refractivity contribution is 5.96. The Bertz CT molecular complexity index is 1500. The van der Waals surface area contributed by atoms with Crippen molar-refractivity contribution in [1.29, 1.82) is 0 Å². The van der Waals surface area contributed by atoms with Gasteiger partial charge in [0.1, 0.15) is 23.5 Å². The Labute approximate surface area is 244 Å². The van der Waals surface area contributed by atoms with Crippen LogP contribution in [0.1, 0.15) is 24.3 Å². The fraction of sp³-hybridized carbons (Fsp3) is 0.407. The highest BCUT2D eigenvalue weighted by Gasteiger charge is 2.35. The van der Waals surface area contributed by atoms with Crippen molar-refractivity contribution in [2.45, 2.75) is 26.0 Å². The number of hydrogen-bond acceptors (Lipinski definition) is 8. The number of rotatable bonds is 8. The predicted octanol–water partition coefficient (Wildman–Crippen LogP) is 1.70. The normalized spacial score (nSPS) is 17.7. The first-order chi connectivity index (χ1) is 20.5. The summed E-state index contributed by atoms with van der Waals surface area (Å²) in [7, 11) is 0. The first kappa shape index (κ1) is 29.5. The molecule has 0 radical (unpaired) electrons. The summed E-state index contributed by atoms with van der Waals surface area (Å²) in [4.78, 5) is 61.6. The number of amides is 4. The number of piperazine rings is 1. The van der Waals surface area contributed by atoms with Crippen LogP contribution in [-0.2, 0) is 9.53 Å². The molecule has 2 saturated heterocycles. The number of benzene rings is 1. The van der Waals surface area contributed by atoms with Gasteiger partial charge in [0.2, 0.25) is 11.7 Å². The third-order valence-corrected chi connectivity index (χ3v) is 7.26. The number of carbonyl (C=O) groups excluding carboxylic acids is 3. The molecule has 0 saturated carbocycles. The lowest BCUT2D eigenvalue weighted by Gasteiger charge is -2.38. The number of carbonyl (C=O) groups is 4. The number of fused-ring (bicyclic) bond motifs is 1. The van der Waals surface area contributed by atoms with Crippen molar-refractivity contribution >= 4 is 41.2 Å². The number of nitrogens with zero attached hydrogens (tertiary/aromatic N) is 6. The monoisotopic (exact) mass is 600 g/mol. The van der Waals surface area contributed by atoms with Gasteiger partial charge in [0.15, 0.2) is 11.6 Å². The fourth-order valence-electron chi connectivity index (χ4n) is 5.07. The van der Waals surface area contributed by atoms with E-state index in [4.69, 9.17) is 9.84 Å². The van der Waals surface area contributed by atoms with Gasteiger partial charge in [-0.3, -0.25) is 18.9 Å². The number of aromatic nitrogens is 3. The number of anilines is 2. The molecule has 4 amide bonds. The molecule has 0 unspecified atom stereocenters. The van der Waals surface area contributed by atoms with Gasteiger partial charge in [-0.25, -0.2) is 28.3 Å². The smallest absolute Gasteiger partial charge is 0.414 e. The van der Waals surface area contributed by atoms with Crippen LogP contribution >= 0.6 is 0 Å². The molecule has 14 nitrogen and oxygen atoms in total. The second-order valence-corrected chi connectivity index (χ2v) is 10.5. The average Bonchev–Trinajstić information content (AvgIpc) is 3.57. The topological polar surface area (TPSA) is 162 Å². The molecule has 228 valence electrons. The van der Waals surface area contributed by atoms with E-state index in [1.165, 1.54) is 11.1 Å². The summed E-state index contributed by atoms with van der Waals surface area (Å²) in [6, 6.07) is 2.89. The lowest BCUT2D eigenvalue weighted by Crippen LogP contribution is -2.56. The number of halogens is 2. The van der Waals surface area contributed by atoms with E-state index in [9.17, 15) is 19.2 Å². The van der Waals surface area contributed by atoms with Crippen LogP contribution in [0.15, 0.2) is 36.8 Å². The summed E-state index contributed by atoms with van der Waals surface area (Å²) in [6.45, 7) is 3.94. The Morgan fingerprint density at radius 2 is 1.84 bits per heavy atom. The zero-order chi connectivity index (χ0) is 30.8. The van der Waals surface area contributed by atoms with Gasteiger partial charge in [0, 0.05) is 56.9 Å². The number of ether oxygens (including phenoxy) is 1. The van der Waals surface area contributed by atoms with Gasteiger partial charge < -0.3 is 30.3 Å². The molecule has 2 aromatic heterocycles. The van der Waals surface area contributed by atoms with Gasteiger partial charge in [0.05, 0.1) is 18.8 Å². The summed E-state index contributed by atoms with van der Waals surface area (Å²) in [6.07, 6.45) is 1.83. The molecule has 5 rings (SSSR count). The summed E-state index contributed by atoms with van der Waals surface area (Å²) in [5.74, 6) is -2.54. The maximum Gasteiger partial charge on any atom is 0.414 e. The predicted molar refractivity (Wildman–Crippen MR) is 148 cm³/mol. The van der Waals surface area contributed by atoms with Crippen molar-refractivity contribution < 1.29 is 37.8 Å². The minimum atomic E-state index is -1.29. The summed E-state index contributed by atoms with van der Waals surface area (Å²) >= 11 is 0. The molecule has 2 aliphatic heterocycles. The molecule has 1 aromatic carbocycles. The van der Waals surface area contributed by atoms with E-state index in [1.807, 2.05) is 0 Å². The standard InChI is InChI=1S/C27H30F2N8O6/c1-15(2)21(33-23(38)20-14-36-5-3-4-30-25(36)32-20)24(39)35-8-6-34(7-9-35)22-18(28)10-16(11-19(22)29)37-13-17(43-27(37)42)12-31-26(40)41/h3-5,10-11,14-15,17,21,31H,6-9,12-13H2,1-2H3,(H,33,38)(H,40,41)/t17-,21-/m0/s1. The number of hydrogen-bond donors (Lipinski definition) is 3. The van der Waals surface area contributed by atoms with Gasteiger partial charge in [-0.15, -0.1) is 0 Å². The molecule has 2 aliphatic rings. The molecular weight excluding hydrogens is 570 g/mol. The van der Waals surface area contributed by atoms with Gasteiger partial charge >= 0.3 is 12.2 Å². The number of imidazole rings is 1. The van der Waals surface area contributed by atoms with Crippen molar-refractivity contribution in [3.8, 4) is 0 Å². The molecular formula is C27H30F2N8O6. The fourth-order valence-corrected chi connectivity index (χ4v) is 5.07. The third-order valence-electron chi connectivity index (χ3n) is 7.26. The van der Waals surface area contributed by atoms with Crippen LogP contribution in [0.5, 0.6) is 0 Å².